The summed E-state index contributed by atoms with van der Waals surface area (Å²) >= 11 is 3.45. The highest BCUT2D eigenvalue weighted by Crippen LogP contribution is 2.54. The molecule has 1 aliphatic rings. The maximum Gasteiger partial charge on any atom is 0.0932 e. The second-order valence-corrected chi connectivity index (χ2v) is 5.11. The van der Waals surface area contributed by atoms with Gasteiger partial charge in [-0.25, -0.2) is 0 Å². The van der Waals surface area contributed by atoms with Crippen LogP contribution >= 0.6 is 15.9 Å². The first kappa shape index (κ1) is 10.2. The topological polar surface area (TPSA) is 20.2 Å². The van der Waals surface area contributed by atoms with E-state index in [2.05, 4.69) is 35.8 Å². The largest absolute Gasteiger partial charge is 0.385 e. The molecular formula is C12H15BrO. The molecule has 0 saturated heterocycles. The first-order chi connectivity index (χ1) is 6.58. The first-order valence-electron chi connectivity index (χ1n) is 5.07. The summed E-state index contributed by atoms with van der Waals surface area (Å²) in [5.41, 5.74) is 1.74. The third-order valence-electron chi connectivity index (χ3n) is 3.23. The van der Waals surface area contributed by atoms with Crippen molar-refractivity contribution >= 4 is 15.9 Å². The predicted molar refractivity (Wildman–Crippen MR) is 61.2 cm³/mol. The molecule has 14 heavy (non-hydrogen) atoms. The third-order valence-corrected chi connectivity index (χ3v) is 3.72. The van der Waals surface area contributed by atoms with E-state index in [9.17, 15) is 5.11 Å². The Morgan fingerprint density at radius 2 is 2.29 bits per heavy atom. The van der Waals surface area contributed by atoms with Gasteiger partial charge in [-0.3, -0.25) is 0 Å². The van der Waals surface area contributed by atoms with Crippen LogP contribution < -0.4 is 0 Å². The van der Waals surface area contributed by atoms with Crippen LogP contribution in [0, 0.1) is 12.8 Å². The highest BCUT2D eigenvalue weighted by atomic mass is 79.9. The van der Waals surface area contributed by atoms with Gasteiger partial charge in [0.15, 0.2) is 0 Å². The molecule has 1 aliphatic carbocycles. The van der Waals surface area contributed by atoms with Crippen LogP contribution in [0.25, 0.3) is 0 Å². The van der Waals surface area contributed by atoms with Crippen molar-refractivity contribution in [3.63, 3.8) is 0 Å². The van der Waals surface area contributed by atoms with Crippen LogP contribution in [-0.2, 0) is 5.60 Å². The monoisotopic (exact) mass is 254 g/mol. The van der Waals surface area contributed by atoms with Crippen molar-refractivity contribution in [2.45, 2.75) is 32.3 Å². The number of hydrogen-bond donors (Lipinski definition) is 1. The molecule has 76 valence electrons. The van der Waals surface area contributed by atoms with E-state index in [0.717, 1.165) is 22.9 Å². The average Bonchev–Trinajstić information content (AvgIpc) is 2.83. The van der Waals surface area contributed by atoms with Crippen LogP contribution in [-0.4, -0.2) is 5.11 Å². The van der Waals surface area contributed by atoms with E-state index in [1.807, 2.05) is 12.1 Å². The molecule has 1 nitrogen and oxygen atoms in total. The lowest BCUT2D eigenvalue weighted by molar-refractivity contribution is 0.129. The van der Waals surface area contributed by atoms with Crippen molar-refractivity contribution < 1.29 is 5.11 Å². The highest BCUT2D eigenvalue weighted by molar-refractivity contribution is 9.10. The van der Waals surface area contributed by atoms with Gasteiger partial charge in [-0.1, -0.05) is 35.3 Å². The second kappa shape index (κ2) is 3.35. The van der Waals surface area contributed by atoms with Crippen molar-refractivity contribution in [2.75, 3.05) is 0 Å². The Labute approximate surface area is 93.3 Å². The molecule has 0 amide bonds. The summed E-state index contributed by atoms with van der Waals surface area (Å²) in [4.78, 5) is 0. The quantitative estimate of drug-likeness (QED) is 0.858. The van der Waals surface area contributed by atoms with Crippen molar-refractivity contribution in [1.29, 1.82) is 0 Å². The van der Waals surface area contributed by atoms with Crippen LogP contribution in [0.1, 0.15) is 30.9 Å². The Balaban J connectivity index is 2.38. The lowest BCUT2D eigenvalue weighted by Gasteiger charge is -2.14. The van der Waals surface area contributed by atoms with Gasteiger partial charge in [-0.2, -0.15) is 0 Å². The van der Waals surface area contributed by atoms with Gasteiger partial charge in [0, 0.05) is 4.47 Å². The van der Waals surface area contributed by atoms with E-state index in [1.165, 1.54) is 5.56 Å². The summed E-state index contributed by atoms with van der Waals surface area (Å²) in [5, 5.41) is 10.3. The van der Waals surface area contributed by atoms with E-state index >= 15 is 0 Å². The lowest BCUT2D eigenvalue weighted by atomic mass is 9.99. The van der Waals surface area contributed by atoms with Gasteiger partial charge >= 0.3 is 0 Å². The van der Waals surface area contributed by atoms with Gasteiger partial charge in [0.25, 0.3) is 0 Å². The SMILES string of the molecule is CCC1CC1(O)c1cc(Br)ccc1C. The van der Waals surface area contributed by atoms with Crippen molar-refractivity contribution in [3.8, 4) is 0 Å². The maximum absolute atomic E-state index is 10.3. The summed E-state index contributed by atoms with van der Waals surface area (Å²) in [6, 6.07) is 6.12. The predicted octanol–water partition coefficient (Wildman–Crippen LogP) is 3.38. The Kier molecular flexibility index (Phi) is 2.44. The molecule has 1 aromatic carbocycles. The van der Waals surface area contributed by atoms with Gasteiger partial charge in [-0.15, -0.1) is 0 Å². The van der Waals surface area contributed by atoms with E-state index in [0.29, 0.717) is 5.92 Å². The van der Waals surface area contributed by atoms with Crippen LogP contribution in [0.5, 0.6) is 0 Å². The van der Waals surface area contributed by atoms with E-state index in [-0.39, 0.29) is 0 Å². The fraction of sp³-hybridized carbons (Fsp3) is 0.500. The van der Waals surface area contributed by atoms with Gasteiger partial charge in [0.05, 0.1) is 5.60 Å². The minimum absolute atomic E-state index is 0.454. The fourth-order valence-corrected chi connectivity index (χ4v) is 2.55. The van der Waals surface area contributed by atoms with Crippen molar-refractivity contribution in [3.05, 3.63) is 33.8 Å². The Bertz CT molecular complexity index is 361. The molecule has 0 radical (unpaired) electrons. The van der Waals surface area contributed by atoms with Crippen LogP contribution in [0.3, 0.4) is 0 Å². The smallest absolute Gasteiger partial charge is 0.0932 e. The Morgan fingerprint density at radius 1 is 1.57 bits per heavy atom. The summed E-state index contributed by atoms with van der Waals surface area (Å²) < 4.78 is 1.05. The molecule has 2 atom stereocenters. The number of rotatable bonds is 2. The molecule has 2 heteroatoms. The van der Waals surface area contributed by atoms with Crippen LogP contribution in [0.15, 0.2) is 22.7 Å². The molecule has 1 aromatic rings. The second-order valence-electron chi connectivity index (χ2n) is 4.19. The number of aryl methyl sites for hydroxylation is 1. The molecule has 2 rings (SSSR count). The standard InChI is InChI=1S/C12H15BrO/c1-3-9-7-12(9,14)11-6-10(13)5-4-8(11)2/h4-6,9,14H,3,7H2,1-2H3. The van der Waals surface area contributed by atoms with E-state index in [4.69, 9.17) is 0 Å². The van der Waals surface area contributed by atoms with Crippen LogP contribution in [0.4, 0.5) is 0 Å². The Morgan fingerprint density at radius 3 is 2.86 bits per heavy atom. The maximum atomic E-state index is 10.3. The van der Waals surface area contributed by atoms with Crippen LogP contribution in [0.2, 0.25) is 0 Å². The third kappa shape index (κ3) is 1.51. The lowest BCUT2D eigenvalue weighted by Crippen LogP contribution is -2.10. The number of aliphatic hydroxyl groups is 1. The van der Waals surface area contributed by atoms with E-state index in [1.54, 1.807) is 0 Å². The zero-order valence-corrected chi connectivity index (χ0v) is 10.1. The summed E-state index contributed by atoms with van der Waals surface area (Å²) in [7, 11) is 0. The molecule has 0 aliphatic heterocycles. The summed E-state index contributed by atoms with van der Waals surface area (Å²) in [6.45, 7) is 4.20. The molecule has 0 heterocycles. The molecule has 2 unspecified atom stereocenters. The molecule has 1 saturated carbocycles. The number of benzene rings is 1. The summed E-state index contributed by atoms with van der Waals surface area (Å²) in [6.07, 6.45) is 1.98. The molecule has 1 fully saturated rings. The molecule has 1 N–H and O–H groups in total. The minimum atomic E-state index is -0.539. The van der Waals surface area contributed by atoms with Crippen molar-refractivity contribution in [2.24, 2.45) is 5.92 Å². The molecule has 0 aromatic heterocycles. The highest BCUT2D eigenvalue weighted by Gasteiger charge is 2.53. The number of hydrogen-bond acceptors (Lipinski definition) is 1. The van der Waals surface area contributed by atoms with E-state index < -0.39 is 5.60 Å². The zero-order valence-electron chi connectivity index (χ0n) is 8.55. The normalized spacial score (nSPS) is 30.4. The van der Waals surface area contributed by atoms with Gasteiger partial charge < -0.3 is 5.11 Å². The van der Waals surface area contributed by atoms with Gasteiger partial charge in [0.1, 0.15) is 0 Å². The van der Waals surface area contributed by atoms with Crippen molar-refractivity contribution in [1.82, 2.24) is 0 Å². The molecular weight excluding hydrogens is 240 g/mol. The fourth-order valence-electron chi connectivity index (χ4n) is 2.19. The van der Waals surface area contributed by atoms with Gasteiger partial charge in [-0.05, 0) is 42.5 Å². The average molecular weight is 255 g/mol. The minimum Gasteiger partial charge on any atom is -0.385 e. The first-order valence-corrected chi connectivity index (χ1v) is 5.86. The van der Waals surface area contributed by atoms with Gasteiger partial charge in [0.2, 0.25) is 0 Å². The summed E-state index contributed by atoms with van der Waals surface area (Å²) in [5.74, 6) is 0.454. The molecule has 0 bridgehead atoms. The Hall–Kier alpha value is -0.340. The number of halogens is 1. The molecule has 0 spiro atoms. The zero-order chi connectivity index (χ0) is 10.3.